The summed E-state index contributed by atoms with van der Waals surface area (Å²) in [6.45, 7) is 0. The monoisotopic (exact) mass is 295 g/mol. The molecule has 0 unspecified atom stereocenters. The van der Waals surface area contributed by atoms with E-state index in [0.717, 1.165) is 21.7 Å². The second-order valence-electron chi connectivity index (χ2n) is 4.13. The number of aromatic nitrogens is 2. The lowest BCUT2D eigenvalue weighted by Crippen LogP contribution is -1.92. The van der Waals surface area contributed by atoms with Gasteiger partial charge in [-0.05, 0) is 29.6 Å². The van der Waals surface area contributed by atoms with E-state index >= 15 is 0 Å². The molecule has 5 heteroatoms. The Balaban J connectivity index is 2.27. The van der Waals surface area contributed by atoms with E-state index in [9.17, 15) is 5.26 Å². The number of nitrogens with one attached hydrogen (secondary N) is 1. The molecular weight excluding hydrogens is 286 g/mol. The molecule has 1 N–H and O–H groups in total. The second kappa shape index (κ2) is 5.37. The van der Waals surface area contributed by atoms with E-state index in [-0.39, 0.29) is 0 Å². The van der Waals surface area contributed by atoms with E-state index in [4.69, 9.17) is 12.2 Å². The molecule has 0 saturated heterocycles. The van der Waals surface area contributed by atoms with Crippen LogP contribution in [0.1, 0.15) is 5.56 Å². The minimum Gasteiger partial charge on any atom is -0.345 e. The predicted molar refractivity (Wildman–Crippen MR) is 82.9 cm³/mol. The third kappa shape index (κ3) is 2.27. The quantitative estimate of drug-likeness (QED) is 0.713. The van der Waals surface area contributed by atoms with Gasteiger partial charge in [0.25, 0.3) is 0 Å². The molecule has 3 heterocycles. The van der Waals surface area contributed by atoms with Crippen LogP contribution in [-0.2, 0) is 0 Å². The van der Waals surface area contributed by atoms with Gasteiger partial charge in [-0.25, -0.2) is 0 Å². The summed E-state index contributed by atoms with van der Waals surface area (Å²) in [5, 5.41) is 11.3. The molecule has 3 rings (SSSR count). The summed E-state index contributed by atoms with van der Waals surface area (Å²) in [7, 11) is 0. The lowest BCUT2D eigenvalue weighted by Gasteiger charge is -2.07. The van der Waals surface area contributed by atoms with Crippen LogP contribution in [0.5, 0.6) is 0 Å². The van der Waals surface area contributed by atoms with Crippen molar-refractivity contribution in [2.24, 2.45) is 0 Å². The van der Waals surface area contributed by atoms with E-state index in [1.165, 1.54) is 0 Å². The molecule has 0 saturated carbocycles. The van der Waals surface area contributed by atoms with Gasteiger partial charge < -0.3 is 4.98 Å². The fourth-order valence-corrected chi connectivity index (χ4v) is 2.99. The number of hydrogen-bond acceptors (Lipinski definition) is 4. The normalized spacial score (nSPS) is 10.2. The molecule has 0 spiro atoms. The Kier molecular flexibility index (Phi) is 3.42. The SMILES string of the molecule is N#Cc1c(-c2cccs2)cc(-c2cccnc2)[nH]c1=S. The van der Waals surface area contributed by atoms with Crippen molar-refractivity contribution >= 4 is 23.6 Å². The van der Waals surface area contributed by atoms with Gasteiger partial charge in [0.05, 0.1) is 5.56 Å². The molecule has 3 aromatic rings. The van der Waals surface area contributed by atoms with E-state index in [1.54, 1.807) is 23.7 Å². The van der Waals surface area contributed by atoms with Crippen molar-refractivity contribution < 1.29 is 0 Å². The molecule has 0 aliphatic rings. The van der Waals surface area contributed by atoms with Gasteiger partial charge in [0.2, 0.25) is 0 Å². The topological polar surface area (TPSA) is 52.5 Å². The molecule has 20 heavy (non-hydrogen) atoms. The Morgan fingerprint density at radius 3 is 2.85 bits per heavy atom. The maximum Gasteiger partial charge on any atom is 0.122 e. The number of nitriles is 1. The number of H-pyrrole nitrogens is 1. The summed E-state index contributed by atoms with van der Waals surface area (Å²) in [5.41, 5.74) is 3.19. The standard InChI is InChI=1S/C15H9N3S2/c16-8-12-11(14-4-2-6-20-14)7-13(18-15(12)19)10-3-1-5-17-9-10/h1-7,9H,(H,18,19). The number of pyridine rings is 2. The van der Waals surface area contributed by atoms with Gasteiger partial charge in [-0.1, -0.05) is 18.3 Å². The van der Waals surface area contributed by atoms with Gasteiger partial charge in [0.15, 0.2) is 0 Å². The van der Waals surface area contributed by atoms with Crippen molar-refractivity contribution in [2.75, 3.05) is 0 Å². The van der Waals surface area contributed by atoms with Crippen LogP contribution >= 0.6 is 23.6 Å². The Hall–Kier alpha value is -2.29. The van der Waals surface area contributed by atoms with Crippen LogP contribution in [0.3, 0.4) is 0 Å². The van der Waals surface area contributed by atoms with E-state index in [0.29, 0.717) is 10.2 Å². The highest BCUT2D eigenvalue weighted by Gasteiger charge is 2.11. The zero-order valence-electron chi connectivity index (χ0n) is 10.3. The van der Waals surface area contributed by atoms with Crippen molar-refractivity contribution in [1.82, 2.24) is 9.97 Å². The van der Waals surface area contributed by atoms with Crippen molar-refractivity contribution in [3.8, 4) is 27.8 Å². The summed E-state index contributed by atoms with van der Waals surface area (Å²) in [5.74, 6) is 0. The molecule has 0 aromatic carbocycles. The third-order valence-electron chi connectivity index (χ3n) is 2.90. The lowest BCUT2D eigenvalue weighted by molar-refractivity contribution is 1.25. The molecule has 3 nitrogen and oxygen atoms in total. The molecule has 0 amide bonds. The second-order valence-corrected chi connectivity index (χ2v) is 5.49. The average molecular weight is 295 g/mol. The van der Waals surface area contributed by atoms with Gasteiger partial charge in [0, 0.05) is 34.1 Å². The Labute approximate surface area is 125 Å². The molecular formula is C15H9N3S2. The molecule has 0 atom stereocenters. The largest absolute Gasteiger partial charge is 0.345 e. The number of rotatable bonds is 2. The predicted octanol–water partition coefficient (Wildman–Crippen LogP) is 4.41. The van der Waals surface area contributed by atoms with Crippen molar-refractivity contribution in [3.63, 3.8) is 0 Å². The number of aromatic amines is 1. The van der Waals surface area contributed by atoms with E-state index in [1.807, 2.05) is 35.7 Å². The van der Waals surface area contributed by atoms with Crippen LogP contribution in [0.25, 0.3) is 21.7 Å². The summed E-state index contributed by atoms with van der Waals surface area (Å²) < 4.78 is 0.456. The maximum atomic E-state index is 9.32. The minimum absolute atomic E-state index is 0.456. The first-order valence-corrected chi connectivity index (χ1v) is 7.20. The average Bonchev–Trinajstić information content (AvgIpc) is 3.01. The van der Waals surface area contributed by atoms with E-state index in [2.05, 4.69) is 16.0 Å². The van der Waals surface area contributed by atoms with Gasteiger partial charge in [-0.3, -0.25) is 4.98 Å². The first-order valence-electron chi connectivity index (χ1n) is 5.91. The van der Waals surface area contributed by atoms with Crippen LogP contribution in [0.4, 0.5) is 0 Å². The molecule has 0 radical (unpaired) electrons. The van der Waals surface area contributed by atoms with Gasteiger partial charge >= 0.3 is 0 Å². The number of hydrogen-bond donors (Lipinski definition) is 1. The Bertz CT molecular complexity index is 828. The molecule has 0 aliphatic carbocycles. The summed E-state index contributed by atoms with van der Waals surface area (Å²) in [6.07, 6.45) is 3.49. The third-order valence-corrected chi connectivity index (χ3v) is 4.11. The summed E-state index contributed by atoms with van der Waals surface area (Å²) in [4.78, 5) is 8.25. The zero-order valence-corrected chi connectivity index (χ0v) is 12.0. The lowest BCUT2D eigenvalue weighted by atomic mass is 10.1. The van der Waals surface area contributed by atoms with Crippen molar-refractivity contribution in [1.29, 1.82) is 5.26 Å². The fourth-order valence-electron chi connectivity index (χ4n) is 1.97. The van der Waals surface area contributed by atoms with Crippen LogP contribution in [0, 0.1) is 16.0 Å². The first-order chi connectivity index (χ1) is 9.79. The van der Waals surface area contributed by atoms with Crippen LogP contribution < -0.4 is 0 Å². The molecule has 3 aromatic heterocycles. The minimum atomic E-state index is 0.456. The Morgan fingerprint density at radius 2 is 2.20 bits per heavy atom. The number of thiophene rings is 1. The van der Waals surface area contributed by atoms with Crippen LogP contribution in [0.2, 0.25) is 0 Å². The first kappa shape index (κ1) is 12.7. The van der Waals surface area contributed by atoms with Gasteiger partial charge in [-0.2, -0.15) is 5.26 Å². The number of nitrogens with zero attached hydrogens (tertiary/aromatic N) is 2. The summed E-state index contributed by atoms with van der Waals surface area (Å²) in [6, 6.07) is 11.9. The molecule has 0 aliphatic heterocycles. The van der Waals surface area contributed by atoms with Gasteiger partial charge in [-0.15, -0.1) is 11.3 Å². The maximum absolute atomic E-state index is 9.32. The fraction of sp³-hybridized carbons (Fsp3) is 0. The highest BCUT2D eigenvalue weighted by molar-refractivity contribution is 7.71. The van der Waals surface area contributed by atoms with E-state index < -0.39 is 0 Å². The highest BCUT2D eigenvalue weighted by atomic mass is 32.1. The van der Waals surface area contributed by atoms with Crippen LogP contribution in [-0.4, -0.2) is 9.97 Å². The summed E-state index contributed by atoms with van der Waals surface area (Å²) >= 11 is 6.90. The van der Waals surface area contributed by atoms with Gasteiger partial charge in [0.1, 0.15) is 10.7 Å². The molecule has 96 valence electrons. The van der Waals surface area contributed by atoms with Crippen LogP contribution in [0.15, 0.2) is 48.1 Å². The smallest absolute Gasteiger partial charge is 0.122 e. The van der Waals surface area contributed by atoms with Crippen molar-refractivity contribution in [3.05, 3.63) is 58.3 Å². The zero-order chi connectivity index (χ0) is 13.9. The Morgan fingerprint density at radius 1 is 1.30 bits per heavy atom. The molecule has 0 fully saturated rings. The molecule has 0 bridgehead atoms. The van der Waals surface area contributed by atoms with Crippen molar-refractivity contribution in [2.45, 2.75) is 0 Å². The highest BCUT2D eigenvalue weighted by Crippen LogP contribution is 2.31.